The van der Waals surface area contributed by atoms with E-state index in [-0.39, 0.29) is 6.42 Å². The first-order chi connectivity index (χ1) is 4.54. The molecular formula is C5H10N2O3. The number of nitrogens with zero attached hydrogens (tertiary/aromatic N) is 1. The van der Waals surface area contributed by atoms with E-state index in [0.717, 1.165) is 4.90 Å². The molecule has 0 radical (unpaired) electrons. The quantitative estimate of drug-likeness (QED) is 0.375. The SMILES string of the molecule is NC(=O)N1CCCC1(O)O. The van der Waals surface area contributed by atoms with E-state index in [0.29, 0.717) is 13.0 Å². The topological polar surface area (TPSA) is 86.8 Å². The van der Waals surface area contributed by atoms with E-state index in [1.807, 2.05) is 0 Å². The predicted molar refractivity (Wildman–Crippen MR) is 32.7 cm³/mol. The summed E-state index contributed by atoms with van der Waals surface area (Å²) in [6, 6.07) is -0.789. The van der Waals surface area contributed by atoms with Crippen molar-refractivity contribution in [3.63, 3.8) is 0 Å². The number of aliphatic hydroxyl groups is 2. The van der Waals surface area contributed by atoms with E-state index in [1.165, 1.54) is 0 Å². The third-order valence-electron chi connectivity index (χ3n) is 1.59. The van der Waals surface area contributed by atoms with Crippen LogP contribution in [0, 0.1) is 0 Å². The van der Waals surface area contributed by atoms with Gasteiger partial charge in [-0.3, -0.25) is 4.90 Å². The number of urea groups is 1. The van der Waals surface area contributed by atoms with E-state index < -0.39 is 11.9 Å². The van der Waals surface area contributed by atoms with Crippen LogP contribution in [0.15, 0.2) is 0 Å². The summed E-state index contributed by atoms with van der Waals surface area (Å²) < 4.78 is 0. The van der Waals surface area contributed by atoms with Crippen LogP contribution in [0.5, 0.6) is 0 Å². The fourth-order valence-corrected chi connectivity index (χ4v) is 1.08. The fourth-order valence-electron chi connectivity index (χ4n) is 1.08. The molecule has 1 saturated heterocycles. The van der Waals surface area contributed by atoms with Gasteiger partial charge in [-0.2, -0.15) is 0 Å². The molecule has 0 aromatic rings. The first-order valence-corrected chi connectivity index (χ1v) is 3.06. The molecule has 5 heteroatoms. The molecule has 0 aromatic carbocycles. The van der Waals surface area contributed by atoms with Crippen molar-refractivity contribution in [2.45, 2.75) is 18.8 Å². The maximum Gasteiger partial charge on any atom is 0.318 e. The van der Waals surface area contributed by atoms with Crippen molar-refractivity contribution in [2.24, 2.45) is 5.73 Å². The first-order valence-electron chi connectivity index (χ1n) is 3.06. The van der Waals surface area contributed by atoms with Gasteiger partial charge in [-0.1, -0.05) is 0 Å². The van der Waals surface area contributed by atoms with Crippen LogP contribution in [0.4, 0.5) is 4.79 Å². The lowest BCUT2D eigenvalue weighted by molar-refractivity contribution is -0.224. The number of rotatable bonds is 0. The first kappa shape index (κ1) is 7.30. The molecule has 0 atom stereocenters. The number of carbonyl (C=O) groups excluding carboxylic acids is 1. The van der Waals surface area contributed by atoms with E-state index in [9.17, 15) is 4.79 Å². The van der Waals surface area contributed by atoms with Crippen molar-refractivity contribution in [1.29, 1.82) is 0 Å². The Morgan fingerprint density at radius 2 is 2.20 bits per heavy atom. The van der Waals surface area contributed by atoms with Gasteiger partial charge in [0.15, 0.2) is 0 Å². The highest BCUT2D eigenvalue weighted by Crippen LogP contribution is 2.22. The Balaban J connectivity index is 2.68. The minimum atomic E-state index is -2.01. The van der Waals surface area contributed by atoms with Gasteiger partial charge in [0.25, 0.3) is 0 Å². The van der Waals surface area contributed by atoms with Gasteiger partial charge in [-0.15, -0.1) is 0 Å². The molecule has 0 saturated carbocycles. The van der Waals surface area contributed by atoms with Crippen LogP contribution in [0.1, 0.15) is 12.8 Å². The summed E-state index contributed by atoms with van der Waals surface area (Å²) in [4.78, 5) is 11.3. The third kappa shape index (κ3) is 1.05. The summed E-state index contributed by atoms with van der Waals surface area (Å²) in [6.07, 6.45) is 0.756. The Labute approximate surface area is 58.0 Å². The van der Waals surface area contributed by atoms with Crippen LogP contribution < -0.4 is 5.73 Å². The molecule has 1 aliphatic heterocycles. The predicted octanol–water partition coefficient (Wildman–Crippen LogP) is -1.20. The van der Waals surface area contributed by atoms with Crippen molar-refractivity contribution >= 4 is 6.03 Å². The number of nitrogens with two attached hydrogens (primary N) is 1. The van der Waals surface area contributed by atoms with Crippen LogP contribution in [0.3, 0.4) is 0 Å². The second-order valence-electron chi connectivity index (χ2n) is 2.37. The third-order valence-corrected chi connectivity index (χ3v) is 1.59. The standard InChI is InChI=1S/C5H10N2O3/c6-4(8)7-3-1-2-5(7,9)10/h9-10H,1-3H2,(H2,6,8). The van der Waals surface area contributed by atoms with Gasteiger partial charge >= 0.3 is 6.03 Å². The van der Waals surface area contributed by atoms with Crippen molar-refractivity contribution in [2.75, 3.05) is 6.54 Å². The van der Waals surface area contributed by atoms with Gasteiger partial charge < -0.3 is 15.9 Å². The Morgan fingerprint density at radius 3 is 2.40 bits per heavy atom. The molecule has 1 rings (SSSR count). The summed E-state index contributed by atoms with van der Waals surface area (Å²) in [5.74, 6) is -2.01. The van der Waals surface area contributed by atoms with Crippen molar-refractivity contribution in [1.82, 2.24) is 4.90 Å². The number of likely N-dealkylation sites (tertiary alicyclic amines) is 1. The lowest BCUT2D eigenvalue weighted by Crippen LogP contribution is -2.49. The molecular weight excluding hydrogens is 136 g/mol. The van der Waals surface area contributed by atoms with Crippen LogP contribution in [0.25, 0.3) is 0 Å². The van der Waals surface area contributed by atoms with Crippen molar-refractivity contribution in [3.8, 4) is 0 Å². The zero-order chi connectivity index (χ0) is 7.78. The van der Waals surface area contributed by atoms with E-state index in [4.69, 9.17) is 15.9 Å². The number of hydrogen-bond acceptors (Lipinski definition) is 3. The zero-order valence-electron chi connectivity index (χ0n) is 5.45. The number of carbonyl (C=O) groups is 1. The van der Waals surface area contributed by atoms with E-state index >= 15 is 0 Å². The zero-order valence-corrected chi connectivity index (χ0v) is 5.45. The molecule has 0 aliphatic carbocycles. The maximum absolute atomic E-state index is 10.4. The average molecular weight is 146 g/mol. The monoisotopic (exact) mass is 146 g/mol. The molecule has 10 heavy (non-hydrogen) atoms. The normalized spacial score (nSPS) is 23.2. The van der Waals surface area contributed by atoms with Crippen molar-refractivity contribution in [3.05, 3.63) is 0 Å². The summed E-state index contributed by atoms with van der Waals surface area (Å²) in [7, 11) is 0. The van der Waals surface area contributed by atoms with E-state index in [2.05, 4.69) is 0 Å². The second-order valence-corrected chi connectivity index (χ2v) is 2.37. The molecule has 0 bridgehead atoms. The molecule has 1 aliphatic rings. The second kappa shape index (κ2) is 2.10. The Kier molecular flexibility index (Phi) is 1.53. The molecule has 1 fully saturated rings. The molecule has 0 unspecified atom stereocenters. The van der Waals surface area contributed by atoms with Crippen LogP contribution in [0.2, 0.25) is 0 Å². The lowest BCUT2D eigenvalue weighted by Gasteiger charge is -2.25. The molecule has 0 spiro atoms. The maximum atomic E-state index is 10.4. The number of amides is 2. The van der Waals surface area contributed by atoms with E-state index in [1.54, 1.807) is 0 Å². The Bertz CT molecular complexity index is 157. The lowest BCUT2D eigenvalue weighted by atomic mass is 10.3. The van der Waals surface area contributed by atoms with Crippen molar-refractivity contribution < 1.29 is 15.0 Å². The molecule has 58 valence electrons. The Morgan fingerprint density at radius 1 is 1.60 bits per heavy atom. The van der Waals surface area contributed by atoms with Gasteiger partial charge in [0.2, 0.25) is 5.91 Å². The molecule has 5 nitrogen and oxygen atoms in total. The molecule has 2 amide bonds. The number of primary amides is 1. The molecule has 1 heterocycles. The highest BCUT2D eigenvalue weighted by atomic mass is 16.5. The molecule has 4 N–H and O–H groups in total. The largest absolute Gasteiger partial charge is 0.351 e. The molecule has 0 aromatic heterocycles. The number of hydrogen-bond donors (Lipinski definition) is 3. The summed E-state index contributed by atoms with van der Waals surface area (Å²) in [5.41, 5.74) is 4.84. The van der Waals surface area contributed by atoms with Crippen LogP contribution in [-0.2, 0) is 0 Å². The van der Waals surface area contributed by atoms with Gasteiger partial charge in [0.05, 0.1) is 0 Å². The van der Waals surface area contributed by atoms with Gasteiger partial charge in [-0.05, 0) is 6.42 Å². The highest BCUT2D eigenvalue weighted by Gasteiger charge is 2.39. The Hall–Kier alpha value is -0.810. The van der Waals surface area contributed by atoms with Gasteiger partial charge in [-0.25, -0.2) is 4.79 Å². The van der Waals surface area contributed by atoms with Crippen LogP contribution >= 0.6 is 0 Å². The average Bonchev–Trinajstić information content (AvgIpc) is 2.08. The fraction of sp³-hybridized carbons (Fsp3) is 0.800. The van der Waals surface area contributed by atoms with Crippen LogP contribution in [-0.4, -0.2) is 33.6 Å². The van der Waals surface area contributed by atoms with Gasteiger partial charge in [0.1, 0.15) is 0 Å². The minimum Gasteiger partial charge on any atom is -0.351 e. The minimum absolute atomic E-state index is 0.177. The highest BCUT2D eigenvalue weighted by molar-refractivity contribution is 5.72. The summed E-state index contributed by atoms with van der Waals surface area (Å²) >= 11 is 0. The smallest absolute Gasteiger partial charge is 0.318 e. The summed E-state index contributed by atoms with van der Waals surface area (Å²) in [5, 5.41) is 18.0. The summed E-state index contributed by atoms with van der Waals surface area (Å²) in [6.45, 7) is 0.322. The van der Waals surface area contributed by atoms with Gasteiger partial charge in [0, 0.05) is 13.0 Å².